The Morgan fingerprint density at radius 3 is 0.966 bits per heavy atom. The molecule has 0 saturated carbocycles. The average molecular weight is 428 g/mol. The summed E-state index contributed by atoms with van der Waals surface area (Å²) in [4.78, 5) is 33.7. The van der Waals surface area contributed by atoms with Gasteiger partial charge >= 0.3 is 7.82 Å². The lowest BCUT2D eigenvalue weighted by molar-refractivity contribution is 0.275. The molecule has 0 aromatic carbocycles. The summed E-state index contributed by atoms with van der Waals surface area (Å²) in [7, 11) is -4.64. The first-order valence-corrected chi connectivity index (χ1v) is 10.8. The van der Waals surface area contributed by atoms with Crippen LogP contribution in [0.2, 0.25) is 0 Å². The Hall–Kier alpha value is -2.26. The highest BCUT2D eigenvalue weighted by Gasteiger charge is 2.00. The predicted molar refractivity (Wildman–Crippen MR) is 112 cm³/mol. The molecule has 11 heteroatoms. The van der Waals surface area contributed by atoms with E-state index in [1.165, 1.54) is 0 Å². The summed E-state index contributed by atoms with van der Waals surface area (Å²) in [5.41, 5.74) is 3.27. The zero-order valence-corrected chi connectivity index (χ0v) is 18.9. The third-order valence-electron chi connectivity index (χ3n) is 3.38. The fourth-order valence-corrected chi connectivity index (χ4v) is 1.93. The van der Waals surface area contributed by atoms with Crippen molar-refractivity contribution >= 4 is 7.82 Å². The van der Waals surface area contributed by atoms with Crippen LogP contribution in [0.5, 0.6) is 0 Å². The molecule has 0 aliphatic carbocycles. The zero-order valence-electron chi connectivity index (χ0n) is 18.0. The fraction of sp³-hybridized carbons (Fsp3) is 0.500. The summed E-state index contributed by atoms with van der Waals surface area (Å²) in [6, 6.07) is 0. The van der Waals surface area contributed by atoms with Gasteiger partial charge in [-0.25, -0.2) is 19.5 Å². The molecule has 0 spiro atoms. The second-order valence-electron chi connectivity index (χ2n) is 6.05. The van der Waals surface area contributed by atoms with Gasteiger partial charge in [0.15, 0.2) is 0 Å². The van der Waals surface area contributed by atoms with E-state index >= 15 is 0 Å². The van der Waals surface area contributed by atoms with Crippen molar-refractivity contribution in [3.05, 3.63) is 54.7 Å². The van der Waals surface area contributed by atoms with E-state index in [0.29, 0.717) is 0 Å². The topological polar surface area (TPSA) is 131 Å². The minimum atomic E-state index is -4.64. The van der Waals surface area contributed by atoms with Gasteiger partial charge in [-0.15, -0.1) is 0 Å². The lowest BCUT2D eigenvalue weighted by atomic mass is 10.6. The molecular formula is C18H33N6O4P. The molecule has 0 radical (unpaired) electrons. The van der Waals surface area contributed by atoms with Crippen LogP contribution in [0.3, 0.4) is 0 Å². The lowest BCUT2D eigenvalue weighted by Crippen LogP contribution is -1.86. The summed E-state index contributed by atoms with van der Waals surface area (Å²) in [5, 5.41) is 0. The van der Waals surface area contributed by atoms with Crippen molar-refractivity contribution in [2.24, 2.45) is 0 Å². The maximum absolute atomic E-state index is 8.88. The standard InChI is InChI=1S/3C6H10N2.H3O4P/c3*1-3-8-4-6(2)7-5-8;1-5(2,3)4/h3*4-5H,3H2,1-2H3;(H3,1,2,3,4). The maximum atomic E-state index is 8.88. The van der Waals surface area contributed by atoms with Crippen molar-refractivity contribution < 1.29 is 19.2 Å². The maximum Gasteiger partial charge on any atom is 0.466 e. The van der Waals surface area contributed by atoms with Gasteiger partial charge < -0.3 is 28.4 Å². The van der Waals surface area contributed by atoms with Gasteiger partial charge in [0.1, 0.15) is 0 Å². The van der Waals surface area contributed by atoms with E-state index in [9.17, 15) is 0 Å². The van der Waals surface area contributed by atoms with E-state index in [0.717, 1.165) is 36.7 Å². The molecule has 0 amide bonds. The quantitative estimate of drug-likeness (QED) is 0.547. The summed E-state index contributed by atoms with van der Waals surface area (Å²) in [6.07, 6.45) is 11.6. The number of rotatable bonds is 3. The Balaban J connectivity index is 0.000000367. The van der Waals surface area contributed by atoms with Crippen LogP contribution in [-0.2, 0) is 24.2 Å². The van der Waals surface area contributed by atoms with Crippen molar-refractivity contribution in [1.29, 1.82) is 0 Å². The molecule has 0 unspecified atom stereocenters. The van der Waals surface area contributed by atoms with Gasteiger partial charge in [-0.2, -0.15) is 0 Å². The molecule has 0 fully saturated rings. The fourth-order valence-electron chi connectivity index (χ4n) is 1.93. The van der Waals surface area contributed by atoms with E-state index in [-0.39, 0.29) is 0 Å². The van der Waals surface area contributed by atoms with Gasteiger partial charge in [0.05, 0.1) is 36.1 Å². The van der Waals surface area contributed by atoms with Crippen molar-refractivity contribution in [1.82, 2.24) is 28.7 Å². The molecule has 0 aliphatic rings. The predicted octanol–water partition coefficient (Wildman–Crippen LogP) is 2.71. The van der Waals surface area contributed by atoms with Crippen LogP contribution < -0.4 is 0 Å². The summed E-state index contributed by atoms with van der Waals surface area (Å²) in [6.45, 7) is 15.3. The van der Waals surface area contributed by atoms with E-state index in [1.807, 2.05) is 58.3 Å². The van der Waals surface area contributed by atoms with Gasteiger partial charge in [0, 0.05) is 38.2 Å². The van der Waals surface area contributed by atoms with Crippen LogP contribution in [-0.4, -0.2) is 43.3 Å². The number of imidazole rings is 3. The summed E-state index contributed by atoms with van der Waals surface area (Å²) in [5.74, 6) is 0. The van der Waals surface area contributed by atoms with Crippen LogP contribution in [0.25, 0.3) is 0 Å². The SMILES string of the molecule is CCn1cnc(C)c1.CCn1cnc(C)c1.CCn1cnc(C)c1.O=P(O)(O)O. The van der Waals surface area contributed by atoms with E-state index < -0.39 is 7.82 Å². The van der Waals surface area contributed by atoms with Crippen molar-refractivity contribution in [2.45, 2.75) is 61.2 Å². The van der Waals surface area contributed by atoms with Crippen molar-refractivity contribution in [2.75, 3.05) is 0 Å². The van der Waals surface area contributed by atoms with Gasteiger partial charge in [0.25, 0.3) is 0 Å². The highest BCUT2D eigenvalue weighted by molar-refractivity contribution is 7.45. The number of hydrogen-bond donors (Lipinski definition) is 3. The van der Waals surface area contributed by atoms with Crippen LogP contribution in [0.15, 0.2) is 37.6 Å². The first-order chi connectivity index (χ1) is 13.5. The number of nitrogens with zero attached hydrogens (tertiary/aromatic N) is 6. The Morgan fingerprint density at radius 2 is 0.897 bits per heavy atom. The number of phosphoric acid groups is 1. The van der Waals surface area contributed by atoms with E-state index in [2.05, 4.69) is 49.4 Å². The molecule has 3 rings (SSSR count). The van der Waals surface area contributed by atoms with Crippen LogP contribution in [0.4, 0.5) is 0 Å². The van der Waals surface area contributed by atoms with Crippen LogP contribution >= 0.6 is 7.82 Å². The van der Waals surface area contributed by atoms with Crippen molar-refractivity contribution in [3.8, 4) is 0 Å². The molecule has 3 aromatic heterocycles. The van der Waals surface area contributed by atoms with Crippen LogP contribution in [0.1, 0.15) is 37.9 Å². The van der Waals surface area contributed by atoms with Gasteiger partial charge in [0.2, 0.25) is 0 Å². The smallest absolute Gasteiger partial charge is 0.337 e. The monoisotopic (exact) mass is 428 g/mol. The van der Waals surface area contributed by atoms with Gasteiger partial charge in [-0.05, 0) is 41.5 Å². The molecule has 3 aromatic rings. The van der Waals surface area contributed by atoms with E-state index in [4.69, 9.17) is 19.2 Å². The van der Waals surface area contributed by atoms with Crippen LogP contribution in [0, 0.1) is 20.8 Å². The minimum Gasteiger partial charge on any atom is -0.337 e. The lowest BCUT2D eigenvalue weighted by Gasteiger charge is -1.88. The molecular weight excluding hydrogens is 395 g/mol. The second kappa shape index (κ2) is 13.8. The minimum absolute atomic E-state index is 1.01. The molecule has 0 bridgehead atoms. The largest absolute Gasteiger partial charge is 0.466 e. The molecule has 0 atom stereocenters. The zero-order chi connectivity index (χ0) is 22.4. The Labute approximate surface area is 172 Å². The van der Waals surface area contributed by atoms with E-state index in [1.54, 1.807) is 0 Å². The first-order valence-electron chi connectivity index (χ1n) is 9.21. The first kappa shape index (κ1) is 26.7. The molecule has 164 valence electrons. The molecule has 0 aliphatic heterocycles. The Kier molecular flexibility index (Phi) is 12.8. The summed E-state index contributed by atoms with van der Waals surface area (Å²) >= 11 is 0. The number of aromatic nitrogens is 6. The molecule has 10 nitrogen and oxygen atoms in total. The summed E-state index contributed by atoms with van der Waals surface area (Å²) < 4.78 is 15.0. The Morgan fingerprint density at radius 1 is 0.690 bits per heavy atom. The second-order valence-corrected chi connectivity index (χ2v) is 7.08. The normalized spacial score (nSPS) is 10.1. The highest BCUT2D eigenvalue weighted by atomic mass is 31.2. The third-order valence-corrected chi connectivity index (χ3v) is 3.38. The number of aryl methyl sites for hydroxylation is 6. The molecule has 3 N–H and O–H groups in total. The molecule has 29 heavy (non-hydrogen) atoms. The Bertz CT molecular complexity index is 748. The van der Waals surface area contributed by atoms with Gasteiger partial charge in [-0.3, -0.25) is 0 Å². The third kappa shape index (κ3) is 15.4. The van der Waals surface area contributed by atoms with Crippen molar-refractivity contribution in [3.63, 3.8) is 0 Å². The average Bonchev–Trinajstić information content (AvgIpc) is 3.35. The highest BCUT2D eigenvalue weighted by Crippen LogP contribution is 2.25. The van der Waals surface area contributed by atoms with Gasteiger partial charge in [-0.1, -0.05) is 0 Å². The molecule has 0 saturated heterocycles. The number of hydrogen-bond acceptors (Lipinski definition) is 4. The molecule has 3 heterocycles.